The molecule has 3 rings (SSSR count). The van der Waals surface area contributed by atoms with Crippen LogP contribution in [0.25, 0.3) is 11.5 Å². The quantitative estimate of drug-likeness (QED) is 0.788. The second-order valence-corrected chi connectivity index (χ2v) is 5.83. The molecule has 7 heteroatoms. The fraction of sp³-hybridized carbons (Fsp3) is 0.222. The largest absolute Gasteiger partial charge is 0.346 e. The minimum Gasteiger partial charge on any atom is -0.324 e. The molecular formula is C18H19N5O2. The topological polar surface area (TPSA) is 81.8 Å². The molecule has 3 aromatic rings. The predicted octanol–water partition coefficient (Wildman–Crippen LogP) is 1.90. The van der Waals surface area contributed by atoms with Crippen molar-refractivity contribution >= 4 is 11.6 Å². The van der Waals surface area contributed by atoms with Gasteiger partial charge in [0.15, 0.2) is 5.82 Å². The molecule has 0 aliphatic carbocycles. The molecule has 0 radical (unpaired) electrons. The molecular weight excluding hydrogens is 318 g/mol. The lowest BCUT2D eigenvalue weighted by molar-refractivity contribution is -0.117. The van der Waals surface area contributed by atoms with Crippen LogP contribution in [-0.4, -0.2) is 25.2 Å². The van der Waals surface area contributed by atoms with Crippen molar-refractivity contribution in [2.24, 2.45) is 7.05 Å². The Morgan fingerprint density at radius 3 is 2.68 bits per heavy atom. The number of amides is 1. The third-order valence-electron chi connectivity index (χ3n) is 4.11. The van der Waals surface area contributed by atoms with E-state index in [1.165, 1.54) is 4.57 Å². The van der Waals surface area contributed by atoms with Gasteiger partial charge < -0.3 is 5.32 Å². The lowest BCUT2D eigenvalue weighted by Crippen LogP contribution is -2.29. The average Bonchev–Trinajstić information content (AvgIpc) is 2.88. The highest BCUT2D eigenvalue weighted by atomic mass is 16.2. The molecule has 0 unspecified atom stereocenters. The zero-order valence-electron chi connectivity index (χ0n) is 14.4. The van der Waals surface area contributed by atoms with E-state index in [-0.39, 0.29) is 18.1 Å². The summed E-state index contributed by atoms with van der Waals surface area (Å²) >= 11 is 0. The normalized spacial score (nSPS) is 10.7. The van der Waals surface area contributed by atoms with Crippen molar-refractivity contribution in [3.63, 3.8) is 0 Å². The molecule has 0 spiro atoms. The van der Waals surface area contributed by atoms with Crippen LogP contribution < -0.4 is 11.0 Å². The summed E-state index contributed by atoms with van der Waals surface area (Å²) in [6.07, 6.45) is 1.63. The smallest absolute Gasteiger partial charge is 0.324 e. The van der Waals surface area contributed by atoms with Crippen molar-refractivity contribution in [3.8, 4) is 11.5 Å². The van der Waals surface area contributed by atoms with Crippen LogP contribution in [0.2, 0.25) is 0 Å². The van der Waals surface area contributed by atoms with E-state index >= 15 is 0 Å². The van der Waals surface area contributed by atoms with Crippen LogP contribution in [0.15, 0.2) is 47.4 Å². The molecule has 1 aromatic carbocycles. The van der Waals surface area contributed by atoms with Crippen LogP contribution in [0.5, 0.6) is 0 Å². The van der Waals surface area contributed by atoms with Gasteiger partial charge in [-0.1, -0.05) is 18.2 Å². The van der Waals surface area contributed by atoms with Crippen molar-refractivity contribution in [2.75, 3.05) is 5.32 Å². The lowest BCUT2D eigenvalue weighted by Gasteiger charge is -2.09. The van der Waals surface area contributed by atoms with E-state index in [9.17, 15) is 9.59 Å². The molecule has 0 atom stereocenters. The van der Waals surface area contributed by atoms with Crippen LogP contribution in [0.4, 0.5) is 5.69 Å². The summed E-state index contributed by atoms with van der Waals surface area (Å²) in [5.41, 5.74) is 3.04. The van der Waals surface area contributed by atoms with Crippen LogP contribution >= 0.6 is 0 Å². The second kappa shape index (κ2) is 6.72. The fourth-order valence-corrected chi connectivity index (χ4v) is 2.52. The molecule has 25 heavy (non-hydrogen) atoms. The van der Waals surface area contributed by atoms with E-state index in [2.05, 4.69) is 15.4 Å². The number of anilines is 1. The Morgan fingerprint density at radius 2 is 1.96 bits per heavy atom. The predicted molar refractivity (Wildman–Crippen MR) is 95.2 cm³/mol. The molecule has 2 heterocycles. The van der Waals surface area contributed by atoms with Gasteiger partial charge in [-0.2, -0.15) is 0 Å². The highest BCUT2D eigenvalue weighted by molar-refractivity contribution is 5.91. The van der Waals surface area contributed by atoms with E-state index < -0.39 is 0 Å². The van der Waals surface area contributed by atoms with E-state index in [0.717, 1.165) is 21.5 Å². The Bertz CT molecular complexity index is 973. The Balaban J connectivity index is 1.83. The van der Waals surface area contributed by atoms with Gasteiger partial charge in [-0.05, 0) is 43.2 Å². The van der Waals surface area contributed by atoms with E-state index in [1.54, 1.807) is 25.4 Å². The first-order valence-corrected chi connectivity index (χ1v) is 7.88. The Labute approximate surface area is 144 Å². The highest BCUT2D eigenvalue weighted by Crippen LogP contribution is 2.18. The average molecular weight is 337 g/mol. The zero-order valence-corrected chi connectivity index (χ0v) is 14.4. The van der Waals surface area contributed by atoms with Gasteiger partial charge in [0, 0.05) is 18.9 Å². The fourth-order valence-electron chi connectivity index (χ4n) is 2.52. The molecule has 1 amide bonds. The molecule has 128 valence electrons. The van der Waals surface area contributed by atoms with Crippen LogP contribution in [-0.2, 0) is 18.4 Å². The minimum atomic E-state index is -0.364. The molecule has 0 saturated heterocycles. The number of nitrogens with one attached hydrogen (secondary N) is 1. The Morgan fingerprint density at radius 1 is 1.16 bits per heavy atom. The monoisotopic (exact) mass is 337 g/mol. The lowest BCUT2D eigenvalue weighted by atomic mass is 10.1. The Kier molecular flexibility index (Phi) is 4.47. The van der Waals surface area contributed by atoms with Gasteiger partial charge in [0.1, 0.15) is 12.2 Å². The standard InChI is InChI=1S/C18H19N5O2/c1-12-7-6-9-14(13(12)2)20-16(24)11-23-18(25)22(3)17(21-23)15-8-4-5-10-19-15/h4-10H,11H2,1-3H3,(H,20,24). The number of nitrogens with zero attached hydrogens (tertiary/aromatic N) is 4. The molecule has 7 nitrogen and oxygen atoms in total. The van der Waals surface area contributed by atoms with Crippen molar-refractivity contribution in [1.29, 1.82) is 0 Å². The van der Waals surface area contributed by atoms with Crippen molar-refractivity contribution in [1.82, 2.24) is 19.3 Å². The minimum absolute atomic E-state index is 0.160. The molecule has 0 aliphatic heterocycles. The van der Waals surface area contributed by atoms with E-state index in [1.807, 2.05) is 38.1 Å². The number of carbonyl (C=O) groups excluding carboxylic acids is 1. The van der Waals surface area contributed by atoms with Gasteiger partial charge in [-0.3, -0.25) is 14.3 Å². The van der Waals surface area contributed by atoms with Gasteiger partial charge in [0.2, 0.25) is 5.91 Å². The SMILES string of the molecule is Cc1cccc(NC(=O)Cn2nc(-c3ccccn3)n(C)c2=O)c1C. The molecule has 0 aliphatic rings. The molecule has 0 fully saturated rings. The maximum Gasteiger partial charge on any atom is 0.346 e. The Hall–Kier alpha value is -3.22. The van der Waals surface area contributed by atoms with Crippen molar-refractivity contribution < 1.29 is 4.79 Å². The first-order valence-electron chi connectivity index (χ1n) is 7.88. The van der Waals surface area contributed by atoms with Gasteiger partial charge in [-0.15, -0.1) is 5.10 Å². The number of aryl methyl sites for hydroxylation is 1. The van der Waals surface area contributed by atoms with Gasteiger partial charge in [-0.25, -0.2) is 9.48 Å². The van der Waals surface area contributed by atoms with Crippen molar-refractivity contribution in [3.05, 3.63) is 64.2 Å². The molecule has 0 bridgehead atoms. The van der Waals surface area contributed by atoms with Gasteiger partial charge in [0.05, 0.1) is 0 Å². The summed E-state index contributed by atoms with van der Waals surface area (Å²) in [6, 6.07) is 11.1. The third-order valence-corrected chi connectivity index (χ3v) is 4.11. The molecule has 1 N–H and O–H groups in total. The number of benzene rings is 1. The number of hydrogen-bond acceptors (Lipinski definition) is 4. The summed E-state index contributed by atoms with van der Waals surface area (Å²) in [7, 11) is 1.61. The summed E-state index contributed by atoms with van der Waals surface area (Å²) in [6.45, 7) is 3.76. The maximum atomic E-state index is 12.3. The summed E-state index contributed by atoms with van der Waals surface area (Å²) < 4.78 is 2.53. The highest BCUT2D eigenvalue weighted by Gasteiger charge is 2.15. The number of rotatable bonds is 4. The van der Waals surface area contributed by atoms with Crippen molar-refractivity contribution in [2.45, 2.75) is 20.4 Å². The number of aromatic nitrogens is 4. The summed E-state index contributed by atoms with van der Waals surface area (Å²) in [5.74, 6) is 0.117. The molecule has 2 aromatic heterocycles. The van der Waals surface area contributed by atoms with Gasteiger partial charge >= 0.3 is 5.69 Å². The summed E-state index contributed by atoms with van der Waals surface area (Å²) in [5, 5.41) is 7.08. The first kappa shape index (κ1) is 16.6. The number of hydrogen-bond donors (Lipinski definition) is 1. The van der Waals surface area contributed by atoms with E-state index in [4.69, 9.17) is 0 Å². The van der Waals surface area contributed by atoms with Crippen LogP contribution in [0, 0.1) is 13.8 Å². The van der Waals surface area contributed by atoms with E-state index in [0.29, 0.717) is 11.5 Å². The maximum absolute atomic E-state index is 12.3. The zero-order chi connectivity index (χ0) is 18.0. The molecule has 0 saturated carbocycles. The summed E-state index contributed by atoms with van der Waals surface area (Å²) in [4.78, 5) is 28.8. The second-order valence-electron chi connectivity index (χ2n) is 5.83. The number of pyridine rings is 1. The third kappa shape index (κ3) is 3.35. The first-order chi connectivity index (χ1) is 12.0. The van der Waals surface area contributed by atoms with Crippen LogP contribution in [0.1, 0.15) is 11.1 Å². The van der Waals surface area contributed by atoms with Gasteiger partial charge in [0.25, 0.3) is 0 Å². The van der Waals surface area contributed by atoms with Crippen LogP contribution in [0.3, 0.4) is 0 Å². The number of carbonyl (C=O) groups is 1.